The van der Waals surface area contributed by atoms with Crippen LogP contribution in [0.3, 0.4) is 0 Å². The van der Waals surface area contributed by atoms with Crippen LogP contribution in [0.25, 0.3) is 0 Å². The summed E-state index contributed by atoms with van der Waals surface area (Å²) in [6.45, 7) is 6.25. The van der Waals surface area contributed by atoms with E-state index in [2.05, 4.69) is 135 Å². The molecule has 1 amide bonds. The summed E-state index contributed by atoms with van der Waals surface area (Å²) in [5.74, 6) is -0.712. The molecule has 350 valence electrons. The molecule has 0 saturated carbocycles. The van der Waals surface area contributed by atoms with E-state index in [0.29, 0.717) is 19.3 Å². The first kappa shape index (κ1) is 58.3. The second-order valence-corrected chi connectivity index (χ2v) is 16.1. The first-order valence-corrected chi connectivity index (χ1v) is 24.8. The minimum atomic E-state index is -0.835. The summed E-state index contributed by atoms with van der Waals surface area (Å²) in [7, 11) is 0. The van der Waals surface area contributed by atoms with E-state index in [0.717, 1.165) is 77.0 Å². The Hall–Kier alpha value is -3.74. The third-order valence-corrected chi connectivity index (χ3v) is 10.3. The van der Waals surface area contributed by atoms with Gasteiger partial charge in [-0.3, -0.25) is 9.59 Å². The van der Waals surface area contributed by atoms with Crippen molar-refractivity contribution in [2.24, 2.45) is 0 Å². The average Bonchev–Trinajstić information content (AvgIpc) is 3.26. The maximum absolute atomic E-state index is 13.1. The lowest BCUT2D eigenvalue weighted by atomic mass is 10.0. The van der Waals surface area contributed by atoms with E-state index in [-0.39, 0.29) is 31.3 Å². The number of allylic oxidation sites excluding steroid dienone is 19. The van der Waals surface area contributed by atoms with Gasteiger partial charge < -0.3 is 20.3 Å². The summed E-state index contributed by atoms with van der Waals surface area (Å²) in [5.41, 5.74) is 0. The van der Waals surface area contributed by atoms with Gasteiger partial charge in [-0.25, -0.2) is 0 Å². The number of amides is 1. The van der Waals surface area contributed by atoms with E-state index >= 15 is 0 Å². The third kappa shape index (κ3) is 42.9. The van der Waals surface area contributed by atoms with Gasteiger partial charge in [0.1, 0.15) is 6.10 Å². The molecule has 0 aromatic carbocycles. The molecular weight excluding hydrogens is 767 g/mol. The zero-order chi connectivity index (χ0) is 45.2. The van der Waals surface area contributed by atoms with Crippen LogP contribution in [0.4, 0.5) is 0 Å². The van der Waals surface area contributed by atoms with Crippen molar-refractivity contribution in [2.75, 3.05) is 6.61 Å². The molecule has 0 aromatic heterocycles. The molecule has 0 aliphatic rings. The van der Waals surface area contributed by atoms with Crippen molar-refractivity contribution < 1.29 is 24.5 Å². The highest BCUT2D eigenvalue weighted by molar-refractivity contribution is 5.78. The van der Waals surface area contributed by atoms with Crippen LogP contribution in [0, 0.1) is 0 Å². The van der Waals surface area contributed by atoms with E-state index < -0.39 is 18.2 Å². The molecule has 62 heavy (non-hydrogen) atoms. The number of nitrogens with one attached hydrogen (secondary N) is 1. The Bertz CT molecular complexity index is 1330. The van der Waals surface area contributed by atoms with E-state index in [1.54, 1.807) is 6.08 Å². The minimum absolute atomic E-state index is 0.0771. The molecule has 0 aliphatic carbocycles. The number of ether oxygens (including phenoxy) is 1. The molecule has 0 spiro atoms. The van der Waals surface area contributed by atoms with Gasteiger partial charge in [0.2, 0.25) is 5.91 Å². The number of unbranched alkanes of at least 4 members (excludes halogenated alkanes) is 12. The summed E-state index contributed by atoms with van der Waals surface area (Å²) in [6.07, 6.45) is 67.2. The molecule has 6 heteroatoms. The predicted octanol–water partition coefficient (Wildman–Crippen LogP) is 14.9. The Labute approximate surface area is 380 Å². The zero-order valence-corrected chi connectivity index (χ0v) is 39.7. The van der Waals surface area contributed by atoms with Crippen molar-refractivity contribution in [3.63, 3.8) is 0 Å². The molecule has 3 unspecified atom stereocenters. The van der Waals surface area contributed by atoms with Gasteiger partial charge in [0.25, 0.3) is 0 Å². The van der Waals surface area contributed by atoms with E-state index in [1.165, 1.54) is 64.2 Å². The van der Waals surface area contributed by atoms with E-state index in [9.17, 15) is 19.8 Å². The molecule has 0 fully saturated rings. The summed E-state index contributed by atoms with van der Waals surface area (Å²) in [5, 5.41) is 23.6. The van der Waals surface area contributed by atoms with Gasteiger partial charge in [0, 0.05) is 6.42 Å². The fourth-order valence-electron chi connectivity index (χ4n) is 6.54. The molecule has 3 atom stereocenters. The van der Waals surface area contributed by atoms with Gasteiger partial charge in [-0.2, -0.15) is 0 Å². The highest BCUT2D eigenvalue weighted by Crippen LogP contribution is 2.14. The van der Waals surface area contributed by atoms with E-state index in [4.69, 9.17) is 4.74 Å². The van der Waals surface area contributed by atoms with E-state index in [1.807, 2.05) is 6.08 Å². The number of carbonyl (C=O) groups is 2. The maximum atomic E-state index is 13.1. The Balaban J connectivity index is 4.90. The first-order valence-electron chi connectivity index (χ1n) is 24.8. The number of rotatable bonds is 42. The van der Waals surface area contributed by atoms with Crippen LogP contribution in [0.1, 0.15) is 194 Å². The lowest BCUT2D eigenvalue weighted by molar-refractivity contribution is -0.148. The normalized spacial score (nSPS) is 14.3. The second-order valence-electron chi connectivity index (χ2n) is 16.1. The lowest BCUT2D eigenvalue weighted by Crippen LogP contribution is -2.46. The van der Waals surface area contributed by atoms with Gasteiger partial charge in [0.15, 0.2) is 0 Å². The van der Waals surface area contributed by atoms with Gasteiger partial charge in [-0.1, -0.05) is 207 Å². The summed E-state index contributed by atoms with van der Waals surface area (Å²) in [4.78, 5) is 26.0. The Morgan fingerprint density at radius 1 is 0.500 bits per heavy atom. The number of hydrogen-bond donors (Lipinski definition) is 3. The monoisotopic (exact) mass is 858 g/mol. The van der Waals surface area contributed by atoms with Crippen molar-refractivity contribution in [1.82, 2.24) is 5.32 Å². The molecule has 0 rings (SSSR count). The van der Waals surface area contributed by atoms with Gasteiger partial charge in [0.05, 0.1) is 25.2 Å². The number of aliphatic hydroxyl groups is 2. The molecule has 0 aliphatic heterocycles. The predicted molar refractivity (Wildman–Crippen MR) is 268 cm³/mol. The number of esters is 1. The molecule has 0 radical (unpaired) electrons. The van der Waals surface area contributed by atoms with Crippen LogP contribution >= 0.6 is 0 Å². The van der Waals surface area contributed by atoms with Crippen molar-refractivity contribution in [2.45, 2.75) is 212 Å². The smallest absolute Gasteiger partial charge is 0.306 e. The van der Waals surface area contributed by atoms with Crippen molar-refractivity contribution in [3.8, 4) is 0 Å². The highest BCUT2D eigenvalue weighted by Gasteiger charge is 2.23. The third-order valence-electron chi connectivity index (χ3n) is 10.3. The maximum Gasteiger partial charge on any atom is 0.306 e. The number of carbonyl (C=O) groups excluding carboxylic acids is 2. The van der Waals surface area contributed by atoms with Gasteiger partial charge >= 0.3 is 5.97 Å². The Morgan fingerprint density at radius 2 is 0.903 bits per heavy atom. The van der Waals surface area contributed by atoms with Crippen LogP contribution in [0.15, 0.2) is 122 Å². The Kier molecular flexibility index (Phi) is 45.4. The van der Waals surface area contributed by atoms with Crippen molar-refractivity contribution in [3.05, 3.63) is 122 Å². The topological polar surface area (TPSA) is 95.9 Å². The summed E-state index contributed by atoms with van der Waals surface area (Å²) < 4.78 is 5.78. The minimum Gasteiger partial charge on any atom is -0.458 e. The zero-order valence-electron chi connectivity index (χ0n) is 39.7. The fraction of sp³-hybridized carbons (Fsp3) is 0.607. The van der Waals surface area contributed by atoms with Crippen molar-refractivity contribution in [1.29, 1.82) is 0 Å². The standard InChI is InChI=1S/C56H91NO5/c1-4-7-10-13-16-19-21-23-25-27-29-31-33-36-38-41-44-47-52(50-55(60)57-53(51-58)54(59)48-45-42-39-35-18-15-12-9-6-3)62-56(61)49-46-43-40-37-34-32-30-28-26-24-22-20-17-14-11-8-5-2/h7,10,16-17,19-20,23-26,29-32,36-38,40,44,47,52-54,58-59H,4-6,8-9,11-15,18,21-22,27-28,33-35,39,41-43,45-46,48-51H2,1-3H3,(H,57,60)/b10-7-,19-16-,20-17-,25-23-,26-24-,31-29-,32-30-,38-36-,40-37-,47-44-. The molecule has 6 nitrogen and oxygen atoms in total. The van der Waals surface area contributed by atoms with Gasteiger partial charge in [-0.05, 0) is 96.0 Å². The van der Waals surface area contributed by atoms with Crippen LogP contribution in [0.5, 0.6) is 0 Å². The van der Waals surface area contributed by atoms with Gasteiger partial charge in [-0.15, -0.1) is 0 Å². The lowest BCUT2D eigenvalue weighted by Gasteiger charge is -2.23. The van der Waals surface area contributed by atoms with Crippen LogP contribution in [-0.2, 0) is 14.3 Å². The molecule has 0 bridgehead atoms. The number of hydrogen-bond acceptors (Lipinski definition) is 5. The van der Waals surface area contributed by atoms with Crippen molar-refractivity contribution >= 4 is 11.9 Å². The summed E-state index contributed by atoms with van der Waals surface area (Å²) in [6, 6.07) is -0.761. The SMILES string of the molecule is CC/C=C\C/C=C\C/C=C\C/C=C\C/C=C\C/C=C\C(CC(=O)NC(CO)C(O)CCCCCCCCCCC)OC(=O)CCC/C=C\C/C=C\C/C=C\C/C=C\CCCCC. The molecular formula is C56H91NO5. The second kappa shape index (κ2) is 48.3. The van der Waals surface area contributed by atoms with Crippen LogP contribution in [0.2, 0.25) is 0 Å². The molecule has 0 aromatic rings. The van der Waals surface area contributed by atoms with Crippen LogP contribution < -0.4 is 5.32 Å². The molecule has 0 saturated heterocycles. The van der Waals surface area contributed by atoms with Crippen LogP contribution in [-0.4, -0.2) is 46.9 Å². The number of aliphatic hydroxyl groups excluding tert-OH is 2. The fourth-order valence-corrected chi connectivity index (χ4v) is 6.54. The average molecular weight is 858 g/mol. The largest absolute Gasteiger partial charge is 0.458 e. The summed E-state index contributed by atoms with van der Waals surface area (Å²) >= 11 is 0. The quantitative estimate of drug-likeness (QED) is 0.0323. The highest BCUT2D eigenvalue weighted by atomic mass is 16.5. The Morgan fingerprint density at radius 3 is 1.37 bits per heavy atom. The first-order chi connectivity index (χ1) is 30.5. The molecule has 3 N–H and O–H groups in total. The molecule has 0 heterocycles.